The van der Waals surface area contributed by atoms with Crippen molar-refractivity contribution < 1.29 is 9.90 Å². The Labute approximate surface area is 182 Å². The molecule has 0 aliphatic rings. The standard InChI is InChI=1S/C24H40ClN2O2/c1-5-6-7-8-9-10-11-12-17-22(28)19(24(2,3)4)18-23(29)27-26-21-16-14-13-15-20(21)25/h13-16,19,22,28H,5-12,17-18H2,1-4H3,(H,27,29). The van der Waals surface area contributed by atoms with Gasteiger partial charge in [-0.15, -0.1) is 0 Å². The maximum atomic E-state index is 12.4. The van der Waals surface area contributed by atoms with Crippen LogP contribution in [-0.4, -0.2) is 17.1 Å². The minimum absolute atomic E-state index is 0.117. The van der Waals surface area contributed by atoms with Crippen LogP contribution in [0.5, 0.6) is 0 Å². The Morgan fingerprint density at radius 2 is 1.66 bits per heavy atom. The van der Waals surface area contributed by atoms with Crippen LogP contribution in [0.25, 0.3) is 0 Å². The zero-order valence-electron chi connectivity index (χ0n) is 18.7. The van der Waals surface area contributed by atoms with Crippen LogP contribution in [0.4, 0.5) is 5.69 Å². The van der Waals surface area contributed by atoms with Crippen molar-refractivity contribution in [3.8, 4) is 0 Å². The molecule has 4 nitrogen and oxygen atoms in total. The highest BCUT2D eigenvalue weighted by Gasteiger charge is 2.32. The molecule has 29 heavy (non-hydrogen) atoms. The molecular formula is C24H40ClN2O2. The van der Waals surface area contributed by atoms with E-state index >= 15 is 0 Å². The molecule has 2 N–H and O–H groups in total. The summed E-state index contributed by atoms with van der Waals surface area (Å²) in [6.07, 6.45) is 10.4. The third-order valence-corrected chi connectivity index (χ3v) is 5.81. The van der Waals surface area contributed by atoms with Crippen molar-refractivity contribution in [2.45, 2.75) is 98.0 Å². The van der Waals surface area contributed by atoms with E-state index in [1.807, 2.05) is 12.1 Å². The molecule has 165 valence electrons. The third-order valence-electron chi connectivity index (χ3n) is 5.49. The lowest BCUT2D eigenvalue weighted by Gasteiger charge is -2.34. The number of benzene rings is 1. The molecule has 1 rings (SSSR count). The number of nitrogens with one attached hydrogen (secondary N) is 1. The normalized spacial score (nSPS) is 13.7. The zero-order valence-corrected chi connectivity index (χ0v) is 19.5. The summed E-state index contributed by atoms with van der Waals surface area (Å²) in [6.45, 7) is 8.46. The first-order valence-corrected chi connectivity index (χ1v) is 11.6. The van der Waals surface area contributed by atoms with Gasteiger partial charge < -0.3 is 5.11 Å². The molecule has 0 spiro atoms. The van der Waals surface area contributed by atoms with E-state index in [0.29, 0.717) is 10.7 Å². The molecule has 0 saturated carbocycles. The molecule has 2 atom stereocenters. The van der Waals surface area contributed by atoms with Crippen molar-refractivity contribution in [1.82, 2.24) is 10.9 Å². The number of unbranched alkanes of at least 4 members (excludes halogenated alkanes) is 7. The van der Waals surface area contributed by atoms with Crippen molar-refractivity contribution in [1.29, 1.82) is 0 Å². The van der Waals surface area contributed by atoms with E-state index in [1.54, 1.807) is 12.1 Å². The van der Waals surface area contributed by atoms with E-state index in [9.17, 15) is 9.90 Å². The topological polar surface area (TPSA) is 63.4 Å². The minimum atomic E-state index is -0.485. The smallest absolute Gasteiger partial charge is 0.240 e. The van der Waals surface area contributed by atoms with Crippen molar-refractivity contribution in [3.05, 3.63) is 29.3 Å². The molecule has 0 aliphatic heterocycles. The van der Waals surface area contributed by atoms with E-state index < -0.39 is 6.10 Å². The van der Waals surface area contributed by atoms with E-state index in [0.717, 1.165) is 19.3 Å². The number of nitrogens with zero attached hydrogens (tertiary/aromatic N) is 1. The van der Waals surface area contributed by atoms with Gasteiger partial charge in [0.15, 0.2) is 0 Å². The summed E-state index contributed by atoms with van der Waals surface area (Å²) in [5.74, 6) is -0.312. The average Bonchev–Trinajstić information content (AvgIpc) is 2.66. The van der Waals surface area contributed by atoms with E-state index in [-0.39, 0.29) is 23.7 Å². The average molecular weight is 424 g/mol. The van der Waals surface area contributed by atoms with Gasteiger partial charge in [-0.2, -0.15) is 5.43 Å². The highest BCUT2D eigenvalue weighted by atomic mass is 35.5. The predicted octanol–water partition coefficient (Wildman–Crippen LogP) is 6.55. The summed E-state index contributed by atoms with van der Waals surface area (Å²) in [7, 11) is 0. The Bertz CT molecular complexity index is 586. The van der Waals surface area contributed by atoms with Crippen LogP contribution in [0.3, 0.4) is 0 Å². The first kappa shape index (κ1) is 25.8. The quantitative estimate of drug-likeness (QED) is 0.263. The molecule has 0 aliphatic carbocycles. The molecule has 1 aromatic carbocycles. The summed E-state index contributed by atoms with van der Waals surface area (Å²) in [5.41, 5.74) is 7.06. The SMILES string of the molecule is CCCCCCCCCCC(O)C(CC(=O)N[N]c1ccccc1Cl)C(C)(C)C. The number of aliphatic hydroxyl groups is 1. The molecule has 5 heteroatoms. The van der Waals surface area contributed by atoms with Crippen molar-refractivity contribution in [3.63, 3.8) is 0 Å². The molecule has 0 bridgehead atoms. The first-order valence-electron chi connectivity index (χ1n) is 11.2. The fraction of sp³-hybridized carbons (Fsp3) is 0.708. The minimum Gasteiger partial charge on any atom is -0.393 e. The Morgan fingerprint density at radius 3 is 2.24 bits per heavy atom. The molecule has 0 fully saturated rings. The van der Waals surface area contributed by atoms with Gasteiger partial charge in [0.25, 0.3) is 0 Å². The Hall–Kier alpha value is -1.26. The highest BCUT2D eigenvalue weighted by molar-refractivity contribution is 6.32. The van der Waals surface area contributed by atoms with E-state index in [2.05, 4.69) is 38.5 Å². The predicted molar refractivity (Wildman–Crippen MR) is 122 cm³/mol. The second kappa shape index (κ2) is 13.9. The van der Waals surface area contributed by atoms with Crippen molar-refractivity contribution in [2.75, 3.05) is 0 Å². The van der Waals surface area contributed by atoms with Crippen LogP contribution in [0.1, 0.15) is 91.9 Å². The number of aliphatic hydroxyl groups excluding tert-OH is 1. The van der Waals surface area contributed by atoms with E-state index in [4.69, 9.17) is 11.6 Å². The van der Waals surface area contributed by atoms with Crippen LogP contribution in [0, 0.1) is 11.3 Å². The number of hydrogen-bond acceptors (Lipinski definition) is 2. The summed E-state index contributed by atoms with van der Waals surface area (Å²) < 4.78 is 0. The van der Waals surface area contributed by atoms with Gasteiger partial charge in [-0.25, -0.2) is 5.43 Å². The summed E-state index contributed by atoms with van der Waals surface area (Å²) in [5, 5.41) is 11.3. The largest absolute Gasteiger partial charge is 0.393 e. The second-order valence-corrected chi connectivity index (χ2v) is 9.51. The highest BCUT2D eigenvalue weighted by Crippen LogP contribution is 2.33. The summed E-state index contributed by atoms with van der Waals surface area (Å²) >= 11 is 6.07. The van der Waals surface area contributed by atoms with Gasteiger partial charge in [0.05, 0.1) is 11.1 Å². The molecule has 1 radical (unpaired) electrons. The lowest BCUT2D eigenvalue weighted by atomic mass is 9.74. The number of halogens is 1. The number of para-hydroxylation sites is 1. The van der Waals surface area contributed by atoms with Crippen molar-refractivity contribution in [2.24, 2.45) is 11.3 Å². The Kier molecular flexibility index (Phi) is 12.3. The third kappa shape index (κ3) is 10.9. The summed E-state index contributed by atoms with van der Waals surface area (Å²) in [6, 6.07) is 7.13. The molecule has 0 heterocycles. The lowest BCUT2D eigenvalue weighted by molar-refractivity contribution is -0.125. The van der Waals surface area contributed by atoms with Gasteiger partial charge in [0.1, 0.15) is 5.69 Å². The van der Waals surface area contributed by atoms with Gasteiger partial charge in [0, 0.05) is 6.42 Å². The van der Waals surface area contributed by atoms with Gasteiger partial charge in [0.2, 0.25) is 5.91 Å². The van der Waals surface area contributed by atoms with Crippen LogP contribution >= 0.6 is 11.6 Å². The first-order chi connectivity index (χ1) is 13.8. The number of amides is 1. The van der Waals surface area contributed by atoms with Crippen LogP contribution in [-0.2, 0) is 4.79 Å². The maximum absolute atomic E-state index is 12.4. The molecule has 1 aromatic rings. The van der Waals surface area contributed by atoms with Crippen LogP contribution in [0.2, 0.25) is 5.02 Å². The zero-order chi connectivity index (χ0) is 21.7. The second-order valence-electron chi connectivity index (χ2n) is 9.11. The van der Waals surface area contributed by atoms with Crippen LogP contribution in [0.15, 0.2) is 24.3 Å². The number of carbonyl (C=O) groups is 1. The molecular weight excluding hydrogens is 384 g/mol. The van der Waals surface area contributed by atoms with Gasteiger partial charge in [-0.05, 0) is 29.9 Å². The lowest BCUT2D eigenvalue weighted by Crippen LogP contribution is -2.38. The molecule has 1 amide bonds. The number of rotatable bonds is 14. The Balaban J connectivity index is 2.40. The fourth-order valence-corrected chi connectivity index (χ4v) is 3.80. The monoisotopic (exact) mass is 423 g/mol. The molecule has 0 saturated heterocycles. The number of hydrogen-bond donors (Lipinski definition) is 2. The molecule has 0 aromatic heterocycles. The molecule has 2 unspecified atom stereocenters. The van der Waals surface area contributed by atoms with E-state index in [1.165, 1.54) is 38.5 Å². The van der Waals surface area contributed by atoms with Crippen molar-refractivity contribution >= 4 is 23.2 Å². The van der Waals surface area contributed by atoms with Gasteiger partial charge >= 0.3 is 0 Å². The maximum Gasteiger partial charge on any atom is 0.240 e. The Morgan fingerprint density at radius 1 is 1.07 bits per heavy atom. The fourth-order valence-electron chi connectivity index (χ4n) is 3.62. The number of carbonyl (C=O) groups excluding carboxylic acids is 1. The van der Waals surface area contributed by atoms with Crippen LogP contribution < -0.4 is 10.9 Å². The summed E-state index contributed by atoms with van der Waals surface area (Å²) in [4.78, 5) is 12.4. The van der Waals surface area contributed by atoms with Gasteiger partial charge in [-0.3, -0.25) is 4.79 Å². The van der Waals surface area contributed by atoms with Gasteiger partial charge in [-0.1, -0.05) is 103 Å².